The molecule has 0 aliphatic heterocycles. The monoisotopic (exact) mass is 249 g/mol. The Morgan fingerprint density at radius 2 is 2.06 bits per heavy atom. The maximum absolute atomic E-state index is 13.7. The fourth-order valence-electron chi connectivity index (χ4n) is 1.79. The Balaban J connectivity index is 2.29. The summed E-state index contributed by atoms with van der Waals surface area (Å²) in [6.07, 6.45) is 3.32. The van der Waals surface area contributed by atoms with Gasteiger partial charge < -0.3 is 10.6 Å². The zero-order chi connectivity index (χ0) is 13.1. The molecule has 3 nitrogen and oxygen atoms in total. The average molecular weight is 249 g/mol. The molecule has 1 aromatic heterocycles. The molecule has 0 spiro atoms. The molecule has 0 atom stereocenters. The second-order valence-corrected chi connectivity index (χ2v) is 4.02. The van der Waals surface area contributed by atoms with E-state index in [4.69, 9.17) is 5.73 Å². The van der Waals surface area contributed by atoms with Crippen molar-refractivity contribution in [3.63, 3.8) is 0 Å². The Labute approximate surface area is 104 Å². The van der Waals surface area contributed by atoms with Crippen molar-refractivity contribution in [2.45, 2.75) is 6.54 Å². The number of nitrogens with two attached hydrogens (primary N) is 1. The molecule has 0 saturated heterocycles. The van der Waals surface area contributed by atoms with Crippen LogP contribution in [0.1, 0.15) is 5.56 Å². The number of nitrogens with zero attached hydrogens (tertiary/aromatic N) is 2. The molecule has 0 fully saturated rings. The second kappa shape index (κ2) is 5.00. The summed E-state index contributed by atoms with van der Waals surface area (Å²) in [7, 11) is 1.65. The number of benzene rings is 1. The van der Waals surface area contributed by atoms with Gasteiger partial charge in [0, 0.05) is 26.0 Å². The van der Waals surface area contributed by atoms with Gasteiger partial charge in [-0.25, -0.2) is 8.78 Å². The van der Waals surface area contributed by atoms with Gasteiger partial charge in [-0.15, -0.1) is 0 Å². The van der Waals surface area contributed by atoms with E-state index < -0.39 is 11.6 Å². The van der Waals surface area contributed by atoms with Gasteiger partial charge in [0.2, 0.25) is 0 Å². The molecule has 0 aliphatic carbocycles. The van der Waals surface area contributed by atoms with E-state index in [-0.39, 0.29) is 11.4 Å². The maximum Gasteiger partial charge on any atom is 0.184 e. The summed E-state index contributed by atoms with van der Waals surface area (Å²) >= 11 is 0. The van der Waals surface area contributed by atoms with Gasteiger partial charge in [0.15, 0.2) is 11.6 Å². The molecule has 18 heavy (non-hydrogen) atoms. The zero-order valence-corrected chi connectivity index (χ0v) is 9.90. The quantitative estimate of drug-likeness (QED) is 0.850. The lowest BCUT2D eigenvalue weighted by molar-refractivity contribution is 0.508. The number of anilines is 2. The second-order valence-electron chi connectivity index (χ2n) is 4.02. The van der Waals surface area contributed by atoms with Gasteiger partial charge in [-0.2, -0.15) is 0 Å². The smallest absolute Gasteiger partial charge is 0.184 e. The minimum Gasteiger partial charge on any atom is -0.397 e. The molecule has 94 valence electrons. The van der Waals surface area contributed by atoms with E-state index in [9.17, 15) is 8.78 Å². The van der Waals surface area contributed by atoms with Crippen LogP contribution in [0.4, 0.5) is 20.2 Å². The van der Waals surface area contributed by atoms with Crippen molar-refractivity contribution in [3.8, 4) is 0 Å². The van der Waals surface area contributed by atoms with Crippen LogP contribution in [0, 0.1) is 11.6 Å². The molecule has 0 unspecified atom stereocenters. The highest BCUT2D eigenvalue weighted by molar-refractivity contribution is 5.68. The highest BCUT2D eigenvalue weighted by Gasteiger charge is 2.15. The fraction of sp³-hybridized carbons (Fsp3) is 0.154. The number of nitrogen functional groups attached to an aromatic ring is 1. The Morgan fingerprint density at radius 1 is 1.28 bits per heavy atom. The van der Waals surface area contributed by atoms with Crippen molar-refractivity contribution < 1.29 is 8.78 Å². The van der Waals surface area contributed by atoms with Crippen LogP contribution in [0.3, 0.4) is 0 Å². The Morgan fingerprint density at radius 3 is 2.72 bits per heavy atom. The number of hydrogen-bond donors (Lipinski definition) is 1. The van der Waals surface area contributed by atoms with Crippen molar-refractivity contribution >= 4 is 11.4 Å². The molecule has 0 amide bonds. The lowest BCUT2D eigenvalue weighted by Gasteiger charge is -2.21. The van der Waals surface area contributed by atoms with E-state index >= 15 is 0 Å². The molecule has 1 aromatic carbocycles. The van der Waals surface area contributed by atoms with Gasteiger partial charge in [0.05, 0.1) is 11.4 Å². The van der Waals surface area contributed by atoms with Gasteiger partial charge in [-0.3, -0.25) is 4.98 Å². The minimum atomic E-state index is -0.929. The van der Waals surface area contributed by atoms with Crippen LogP contribution in [-0.2, 0) is 6.54 Å². The van der Waals surface area contributed by atoms with Crippen molar-refractivity contribution in [1.82, 2.24) is 4.98 Å². The summed E-state index contributed by atoms with van der Waals surface area (Å²) in [4.78, 5) is 5.53. The van der Waals surface area contributed by atoms with Crippen LogP contribution in [0.5, 0.6) is 0 Å². The van der Waals surface area contributed by atoms with Crippen molar-refractivity contribution in [1.29, 1.82) is 0 Å². The SMILES string of the molecule is CN(Cc1cccnc1)c1c(N)ccc(F)c1F. The largest absolute Gasteiger partial charge is 0.397 e. The number of pyridine rings is 1. The standard InChI is InChI=1S/C13H13F2N3/c1-18(8-9-3-2-6-17-7-9)13-11(16)5-4-10(14)12(13)15/h2-7H,8,16H2,1H3. The molecule has 1 heterocycles. The predicted molar refractivity (Wildman–Crippen MR) is 67.1 cm³/mol. The molecule has 0 aliphatic rings. The van der Waals surface area contributed by atoms with Crippen molar-refractivity contribution in [3.05, 3.63) is 53.9 Å². The van der Waals surface area contributed by atoms with Gasteiger partial charge in [0.1, 0.15) is 0 Å². The lowest BCUT2D eigenvalue weighted by Crippen LogP contribution is -2.20. The molecule has 5 heteroatoms. The van der Waals surface area contributed by atoms with E-state index in [1.165, 1.54) is 6.07 Å². The first kappa shape index (κ1) is 12.3. The topological polar surface area (TPSA) is 42.2 Å². The Bertz CT molecular complexity index is 543. The summed E-state index contributed by atoms with van der Waals surface area (Å²) < 4.78 is 26.9. The summed E-state index contributed by atoms with van der Waals surface area (Å²) in [5.74, 6) is -1.83. The number of aromatic nitrogens is 1. The molecule has 0 radical (unpaired) electrons. The molecule has 2 N–H and O–H groups in total. The molecule has 0 saturated carbocycles. The third kappa shape index (κ3) is 2.40. The molecule has 2 rings (SSSR count). The summed E-state index contributed by atoms with van der Waals surface area (Å²) in [5, 5.41) is 0. The third-order valence-electron chi connectivity index (χ3n) is 2.62. The third-order valence-corrected chi connectivity index (χ3v) is 2.62. The molecule has 2 aromatic rings. The van der Waals surface area contributed by atoms with Crippen LogP contribution in [0.2, 0.25) is 0 Å². The molecular formula is C13H13F2N3. The predicted octanol–water partition coefficient (Wildman–Crippen LogP) is 2.58. The highest BCUT2D eigenvalue weighted by Crippen LogP contribution is 2.28. The van der Waals surface area contributed by atoms with E-state index in [1.54, 1.807) is 30.4 Å². The fourth-order valence-corrected chi connectivity index (χ4v) is 1.79. The lowest BCUT2D eigenvalue weighted by atomic mass is 10.2. The number of rotatable bonds is 3. The highest BCUT2D eigenvalue weighted by atomic mass is 19.2. The summed E-state index contributed by atoms with van der Waals surface area (Å²) in [5.41, 5.74) is 6.85. The van der Waals surface area contributed by atoms with Crippen LogP contribution < -0.4 is 10.6 Å². The van der Waals surface area contributed by atoms with Gasteiger partial charge in [0.25, 0.3) is 0 Å². The average Bonchev–Trinajstić information content (AvgIpc) is 2.36. The Hall–Kier alpha value is -2.17. The van der Waals surface area contributed by atoms with Crippen molar-refractivity contribution in [2.75, 3.05) is 17.7 Å². The van der Waals surface area contributed by atoms with Crippen molar-refractivity contribution in [2.24, 2.45) is 0 Å². The van der Waals surface area contributed by atoms with Crippen LogP contribution in [-0.4, -0.2) is 12.0 Å². The molecular weight excluding hydrogens is 236 g/mol. The van der Waals surface area contributed by atoms with E-state index in [0.29, 0.717) is 6.54 Å². The minimum absolute atomic E-state index is 0.0684. The number of halogens is 2. The Kier molecular flexibility index (Phi) is 3.41. The van der Waals surface area contributed by atoms with Gasteiger partial charge >= 0.3 is 0 Å². The zero-order valence-electron chi connectivity index (χ0n) is 9.90. The van der Waals surface area contributed by atoms with Crippen LogP contribution in [0.25, 0.3) is 0 Å². The maximum atomic E-state index is 13.7. The van der Waals surface area contributed by atoms with E-state index in [2.05, 4.69) is 4.98 Å². The first-order valence-corrected chi connectivity index (χ1v) is 5.43. The molecule has 0 bridgehead atoms. The first-order valence-electron chi connectivity index (χ1n) is 5.43. The first-order chi connectivity index (χ1) is 8.59. The van der Waals surface area contributed by atoms with E-state index in [0.717, 1.165) is 11.6 Å². The summed E-state index contributed by atoms with van der Waals surface area (Å²) in [6, 6.07) is 6.02. The van der Waals surface area contributed by atoms with Crippen LogP contribution >= 0.6 is 0 Å². The van der Waals surface area contributed by atoms with Gasteiger partial charge in [-0.05, 0) is 23.8 Å². The van der Waals surface area contributed by atoms with E-state index in [1.807, 2.05) is 6.07 Å². The normalized spacial score (nSPS) is 10.4. The number of hydrogen-bond acceptors (Lipinski definition) is 3. The summed E-state index contributed by atoms with van der Waals surface area (Å²) in [6.45, 7) is 0.401. The van der Waals surface area contributed by atoms with Crippen LogP contribution in [0.15, 0.2) is 36.7 Å². The van der Waals surface area contributed by atoms with Gasteiger partial charge in [-0.1, -0.05) is 6.07 Å².